The van der Waals surface area contributed by atoms with Crippen LogP contribution in [0.15, 0.2) is 48.5 Å². The summed E-state index contributed by atoms with van der Waals surface area (Å²) in [7, 11) is 1.67. The Kier molecular flexibility index (Phi) is 4.84. The Morgan fingerprint density at radius 1 is 1.17 bits per heavy atom. The lowest BCUT2D eigenvalue weighted by Gasteiger charge is -2.31. The van der Waals surface area contributed by atoms with E-state index in [0.29, 0.717) is 12.1 Å². The molecular weight excluding hydrogens is 305 g/mol. The van der Waals surface area contributed by atoms with Crippen molar-refractivity contribution in [3.05, 3.63) is 65.5 Å². The van der Waals surface area contributed by atoms with Crippen LogP contribution in [0.2, 0.25) is 0 Å². The van der Waals surface area contributed by atoms with Crippen molar-refractivity contribution in [2.75, 3.05) is 13.7 Å². The molecule has 2 aromatic carbocycles. The zero-order chi connectivity index (χ0) is 17.0. The second-order valence-corrected chi connectivity index (χ2v) is 6.38. The number of rotatable bonds is 5. The lowest BCUT2D eigenvalue weighted by atomic mass is 9.78. The Morgan fingerprint density at radius 3 is 2.62 bits per heavy atom. The van der Waals surface area contributed by atoms with Crippen molar-refractivity contribution in [1.29, 1.82) is 0 Å². The van der Waals surface area contributed by atoms with Crippen molar-refractivity contribution in [2.45, 2.75) is 31.1 Å². The SMILES string of the molecule is COc1ccccc1C1(CNC(=O)c2cccc(F)c2)CCCC1. The van der Waals surface area contributed by atoms with E-state index in [0.717, 1.165) is 37.0 Å². The van der Waals surface area contributed by atoms with Gasteiger partial charge in [-0.25, -0.2) is 4.39 Å². The lowest BCUT2D eigenvalue weighted by molar-refractivity contribution is 0.0942. The summed E-state index contributed by atoms with van der Waals surface area (Å²) in [4.78, 5) is 12.4. The largest absolute Gasteiger partial charge is 0.496 e. The van der Waals surface area contributed by atoms with E-state index in [-0.39, 0.29) is 11.3 Å². The topological polar surface area (TPSA) is 38.3 Å². The number of benzene rings is 2. The summed E-state index contributed by atoms with van der Waals surface area (Å²) in [5.74, 6) is 0.220. The van der Waals surface area contributed by atoms with Gasteiger partial charge in [0.2, 0.25) is 0 Å². The van der Waals surface area contributed by atoms with Crippen molar-refractivity contribution < 1.29 is 13.9 Å². The van der Waals surface area contributed by atoms with E-state index in [4.69, 9.17) is 4.74 Å². The first-order valence-corrected chi connectivity index (χ1v) is 8.32. The van der Waals surface area contributed by atoms with Crippen LogP contribution in [0.1, 0.15) is 41.6 Å². The molecule has 0 bridgehead atoms. The Labute approximate surface area is 141 Å². The maximum absolute atomic E-state index is 13.3. The second-order valence-electron chi connectivity index (χ2n) is 6.38. The maximum atomic E-state index is 13.3. The summed E-state index contributed by atoms with van der Waals surface area (Å²) in [6.45, 7) is 0.530. The van der Waals surface area contributed by atoms with Crippen molar-refractivity contribution >= 4 is 5.91 Å². The molecule has 0 atom stereocenters. The van der Waals surface area contributed by atoms with Crippen molar-refractivity contribution in [1.82, 2.24) is 5.32 Å². The molecule has 1 amide bonds. The van der Waals surface area contributed by atoms with E-state index in [9.17, 15) is 9.18 Å². The van der Waals surface area contributed by atoms with E-state index in [1.54, 1.807) is 19.2 Å². The van der Waals surface area contributed by atoms with Gasteiger partial charge in [-0.05, 0) is 37.1 Å². The van der Waals surface area contributed by atoms with Crippen LogP contribution >= 0.6 is 0 Å². The first-order valence-electron chi connectivity index (χ1n) is 8.32. The minimum Gasteiger partial charge on any atom is -0.496 e. The molecule has 4 heteroatoms. The molecule has 1 fully saturated rings. The number of halogens is 1. The molecule has 0 unspecified atom stereocenters. The monoisotopic (exact) mass is 327 g/mol. The van der Waals surface area contributed by atoms with Gasteiger partial charge in [0.25, 0.3) is 5.91 Å². The van der Waals surface area contributed by atoms with Gasteiger partial charge < -0.3 is 10.1 Å². The highest BCUT2D eigenvalue weighted by atomic mass is 19.1. The van der Waals surface area contributed by atoms with Crippen molar-refractivity contribution in [3.8, 4) is 5.75 Å². The standard InChI is InChI=1S/C20H22FNO2/c1-24-18-10-3-2-9-17(18)20(11-4-5-12-20)14-22-19(23)15-7-6-8-16(21)13-15/h2-3,6-10,13H,4-5,11-12,14H2,1H3,(H,22,23). The molecule has 0 saturated heterocycles. The molecule has 24 heavy (non-hydrogen) atoms. The highest BCUT2D eigenvalue weighted by Gasteiger charge is 2.38. The zero-order valence-corrected chi connectivity index (χ0v) is 13.8. The molecule has 126 valence electrons. The third-order valence-electron chi connectivity index (χ3n) is 4.91. The molecule has 0 aliphatic heterocycles. The average molecular weight is 327 g/mol. The summed E-state index contributed by atoms with van der Waals surface area (Å²) in [6.07, 6.45) is 4.29. The third kappa shape index (κ3) is 3.28. The lowest BCUT2D eigenvalue weighted by Crippen LogP contribution is -2.39. The van der Waals surface area contributed by atoms with Gasteiger partial charge in [0, 0.05) is 23.1 Å². The molecule has 0 radical (unpaired) electrons. The number of ether oxygens (including phenoxy) is 1. The first-order chi connectivity index (χ1) is 11.6. The van der Waals surface area contributed by atoms with Gasteiger partial charge in [0.1, 0.15) is 11.6 Å². The van der Waals surface area contributed by atoms with E-state index in [2.05, 4.69) is 11.4 Å². The number of methoxy groups -OCH3 is 1. The highest BCUT2D eigenvalue weighted by molar-refractivity contribution is 5.94. The van der Waals surface area contributed by atoms with Crippen LogP contribution in [0.3, 0.4) is 0 Å². The van der Waals surface area contributed by atoms with Crippen LogP contribution in [0.5, 0.6) is 5.75 Å². The molecule has 3 nitrogen and oxygen atoms in total. The Hall–Kier alpha value is -2.36. The van der Waals surface area contributed by atoms with Crippen molar-refractivity contribution in [2.24, 2.45) is 0 Å². The Morgan fingerprint density at radius 2 is 1.92 bits per heavy atom. The molecule has 3 rings (SSSR count). The van der Waals surface area contributed by atoms with Gasteiger partial charge in [-0.15, -0.1) is 0 Å². The minimum absolute atomic E-state index is 0.115. The number of nitrogens with one attached hydrogen (secondary N) is 1. The van der Waals surface area contributed by atoms with Gasteiger partial charge in [-0.3, -0.25) is 4.79 Å². The van der Waals surface area contributed by atoms with E-state index in [1.807, 2.05) is 18.2 Å². The molecular formula is C20H22FNO2. The normalized spacial score (nSPS) is 15.9. The zero-order valence-electron chi connectivity index (χ0n) is 13.8. The summed E-state index contributed by atoms with van der Waals surface area (Å²) < 4.78 is 18.8. The van der Waals surface area contributed by atoms with Crippen LogP contribution in [0.25, 0.3) is 0 Å². The second kappa shape index (κ2) is 7.04. The number of carbonyl (C=O) groups is 1. The van der Waals surface area contributed by atoms with Gasteiger partial charge in [-0.1, -0.05) is 37.1 Å². The van der Waals surface area contributed by atoms with Crippen LogP contribution in [0, 0.1) is 5.82 Å². The quantitative estimate of drug-likeness (QED) is 0.899. The van der Waals surface area contributed by atoms with Crippen LogP contribution in [-0.2, 0) is 5.41 Å². The predicted octanol–water partition coefficient (Wildman–Crippen LogP) is 4.08. The number of amides is 1. The molecule has 1 aliphatic carbocycles. The Balaban J connectivity index is 1.81. The predicted molar refractivity (Wildman–Crippen MR) is 91.9 cm³/mol. The van der Waals surface area contributed by atoms with Crippen LogP contribution in [0.4, 0.5) is 4.39 Å². The fraction of sp³-hybridized carbons (Fsp3) is 0.350. The Bertz CT molecular complexity index is 723. The fourth-order valence-corrected chi connectivity index (χ4v) is 3.66. The number of hydrogen-bond acceptors (Lipinski definition) is 2. The van der Waals surface area contributed by atoms with E-state index < -0.39 is 5.82 Å². The van der Waals surface area contributed by atoms with Crippen molar-refractivity contribution in [3.63, 3.8) is 0 Å². The van der Waals surface area contributed by atoms with Gasteiger partial charge in [-0.2, -0.15) is 0 Å². The van der Waals surface area contributed by atoms with Gasteiger partial charge >= 0.3 is 0 Å². The molecule has 0 heterocycles. The van der Waals surface area contributed by atoms with Crippen LogP contribution < -0.4 is 10.1 Å². The third-order valence-corrected chi connectivity index (χ3v) is 4.91. The molecule has 1 N–H and O–H groups in total. The summed E-state index contributed by atoms with van der Waals surface area (Å²) in [6, 6.07) is 13.8. The van der Waals surface area contributed by atoms with E-state index >= 15 is 0 Å². The molecule has 1 aliphatic rings. The molecule has 0 spiro atoms. The van der Waals surface area contributed by atoms with Crippen LogP contribution in [-0.4, -0.2) is 19.6 Å². The summed E-state index contributed by atoms with van der Waals surface area (Å²) in [5, 5.41) is 3.00. The highest BCUT2D eigenvalue weighted by Crippen LogP contribution is 2.44. The molecule has 2 aromatic rings. The molecule has 0 aromatic heterocycles. The summed E-state index contributed by atoms with van der Waals surface area (Å²) in [5.41, 5.74) is 1.38. The summed E-state index contributed by atoms with van der Waals surface area (Å²) >= 11 is 0. The smallest absolute Gasteiger partial charge is 0.251 e. The molecule has 1 saturated carbocycles. The number of carbonyl (C=O) groups excluding carboxylic acids is 1. The van der Waals surface area contributed by atoms with Gasteiger partial charge in [0.05, 0.1) is 7.11 Å². The maximum Gasteiger partial charge on any atom is 0.251 e. The average Bonchev–Trinajstić information content (AvgIpc) is 3.09. The fourth-order valence-electron chi connectivity index (χ4n) is 3.66. The number of para-hydroxylation sites is 1. The first kappa shape index (κ1) is 16.5. The minimum atomic E-state index is -0.400. The van der Waals surface area contributed by atoms with Gasteiger partial charge in [0.15, 0.2) is 0 Å². The van der Waals surface area contributed by atoms with E-state index in [1.165, 1.54) is 12.1 Å². The number of hydrogen-bond donors (Lipinski definition) is 1.